The number of nitrogens with two attached hydrogens (primary N) is 1. The van der Waals surface area contributed by atoms with Crippen molar-refractivity contribution in [2.45, 2.75) is 69.7 Å². The Morgan fingerprint density at radius 3 is 2.17 bits per heavy atom. The van der Waals surface area contributed by atoms with Crippen molar-refractivity contribution in [2.24, 2.45) is 17.1 Å². The van der Waals surface area contributed by atoms with E-state index in [9.17, 15) is 4.79 Å². The van der Waals surface area contributed by atoms with Gasteiger partial charge in [0.15, 0.2) is 0 Å². The second-order valence-corrected chi connectivity index (χ2v) is 6.98. The Bertz CT molecular complexity index is 319. The average molecular weight is 250 g/mol. The summed E-state index contributed by atoms with van der Waals surface area (Å²) in [6.45, 7) is 0.996. The van der Waals surface area contributed by atoms with Gasteiger partial charge in [0.05, 0.1) is 5.54 Å². The van der Waals surface area contributed by atoms with E-state index in [4.69, 9.17) is 5.73 Å². The van der Waals surface area contributed by atoms with Gasteiger partial charge < -0.3 is 11.1 Å². The van der Waals surface area contributed by atoms with Crippen LogP contribution >= 0.6 is 0 Å². The number of hydrogen-bond acceptors (Lipinski definition) is 2. The van der Waals surface area contributed by atoms with Crippen LogP contribution in [0.1, 0.15) is 64.2 Å². The van der Waals surface area contributed by atoms with E-state index < -0.39 is 0 Å². The van der Waals surface area contributed by atoms with Crippen LogP contribution in [0.5, 0.6) is 0 Å². The topological polar surface area (TPSA) is 55.1 Å². The number of hydrogen-bond donors (Lipinski definition) is 2. The number of nitrogens with one attached hydrogen (secondary N) is 1. The van der Waals surface area contributed by atoms with E-state index in [1.165, 1.54) is 51.4 Å². The van der Waals surface area contributed by atoms with Crippen LogP contribution in [0, 0.1) is 11.3 Å². The minimum Gasteiger partial charge on any atom is -0.368 e. The summed E-state index contributed by atoms with van der Waals surface area (Å²) in [6.07, 6.45) is 12.5. The highest BCUT2D eigenvalue weighted by Gasteiger charge is 2.47. The number of amides is 1. The smallest absolute Gasteiger partial charge is 0.237 e. The fourth-order valence-corrected chi connectivity index (χ4v) is 4.00. The minimum absolute atomic E-state index is 0.115. The quantitative estimate of drug-likeness (QED) is 0.804. The zero-order valence-corrected chi connectivity index (χ0v) is 11.3. The van der Waals surface area contributed by atoms with Gasteiger partial charge in [-0.1, -0.05) is 12.8 Å². The van der Waals surface area contributed by atoms with Crippen LogP contribution in [0.2, 0.25) is 0 Å². The zero-order chi connectivity index (χ0) is 12.6. The molecule has 3 nitrogen and oxygen atoms in total. The predicted molar refractivity (Wildman–Crippen MR) is 72.0 cm³/mol. The predicted octanol–water partition coefficient (Wildman–Crippen LogP) is 2.34. The van der Waals surface area contributed by atoms with Crippen molar-refractivity contribution in [3.63, 3.8) is 0 Å². The summed E-state index contributed by atoms with van der Waals surface area (Å²) in [7, 11) is 0. The summed E-state index contributed by atoms with van der Waals surface area (Å²) in [5.41, 5.74) is 5.89. The van der Waals surface area contributed by atoms with Crippen molar-refractivity contribution in [3.8, 4) is 0 Å². The Morgan fingerprint density at radius 2 is 1.67 bits per heavy atom. The fraction of sp³-hybridized carbons (Fsp3) is 0.933. The Morgan fingerprint density at radius 1 is 1.06 bits per heavy atom. The van der Waals surface area contributed by atoms with Crippen LogP contribution in [-0.2, 0) is 4.79 Å². The maximum atomic E-state index is 11.9. The molecule has 0 atom stereocenters. The van der Waals surface area contributed by atoms with Gasteiger partial charge in [-0.15, -0.1) is 0 Å². The van der Waals surface area contributed by atoms with Crippen molar-refractivity contribution in [1.82, 2.24) is 5.32 Å². The molecule has 0 saturated heterocycles. The normalized spacial score (nSPS) is 29.6. The summed E-state index contributed by atoms with van der Waals surface area (Å²) in [6, 6.07) is 0. The first-order valence-corrected chi connectivity index (χ1v) is 7.69. The third-order valence-corrected chi connectivity index (χ3v) is 5.73. The molecule has 18 heavy (non-hydrogen) atoms. The van der Waals surface area contributed by atoms with E-state index in [0.29, 0.717) is 5.41 Å². The van der Waals surface area contributed by atoms with Gasteiger partial charge in [-0.3, -0.25) is 4.79 Å². The Kier molecular flexibility index (Phi) is 3.13. The molecule has 0 aromatic heterocycles. The molecule has 0 unspecified atom stereocenters. The lowest BCUT2D eigenvalue weighted by Gasteiger charge is -2.44. The Labute approximate surface area is 110 Å². The van der Waals surface area contributed by atoms with Gasteiger partial charge in [0.2, 0.25) is 5.91 Å². The van der Waals surface area contributed by atoms with Crippen LogP contribution < -0.4 is 11.1 Å². The molecule has 3 rings (SSSR count). The lowest BCUT2D eigenvalue weighted by molar-refractivity contribution is -0.126. The average Bonchev–Trinajstić information content (AvgIpc) is 3.09. The molecule has 0 aromatic rings. The van der Waals surface area contributed by atoms with Gasteiger partial charge in [0.25, 0.3) is 0 Å². The lowest BCUT2D eigenvalue weighted by atomic mass is 9.66. The SMILES string of the molecule is NC(=O)C1(NCC2CC2)CCC2(CCCC2)CC1. The monoisotopic (exact) mass is 250 g/mol. The molecule has 1 amide bonds. The summed E-state index contributed by atoms with van der Waals surface area (Å²) in [5, 5.41) is 3.53. The third-order valence-electron chi connectivity index (χ3n) is 5.73. The van der Waals surface area contributed by atoms with Crippen molar-refractivity contribution in [1.29, 1.82) is 0 Å². The largest absolute Gasteiger partial charge is 0.368 e. The first-order valence-electron chi connectivity index (χ1n) is 7.69. The number of carbonyl (C=O) groups excluding carboxylic acids is 1. The van der Waals surface area contributed by atoms with Crippen LogP contribution in [0.4, 0.5) is 0 Å². The summed E-state index contributed by atoms with van der Waals surface area (Å²) in [4.78, 5) is 11.9. The molecule has 0 heterocycles. The minimum atomic E-state index is -0.379. The molecule has 102 valence electrons. The second-order valence-electron chi connectivity index (χ2n) is 6.98. The molecule has 0 radical (unpaired) electrons. The van der Waals surface area contributed by atoms with Gasteiger partial charge >= 0.3 is 0 Å². The van der Waals surface area contributed by atoms with Gasteiger partial charge in [-0.05, 0) is 69.2 Å². The highest BCUT2D eigenvalue weighted by atomic mass is 16.1. The molecular weight excluding hydrogens is 224 g/mol. The summed E-state index contributed by atoms with van der Waals surface area (Å²) in [5.74, 6) is 0.694. The molecular formula is C15H26N2O. The molecule has 3 saturated carbocycles. The van der Waals surface area contributed by atoms with Crippen molar-refractivity contribution in [2.75, 3.05) is 6.54 Å². The molecule has 0 bridgehead atoms. The molecule has 3 aliphatic carbocycles. The van der Waals surface area contributed by atoms with E-state index in [-0.39, 0.29) is 11.4 Å². The van der Waals surface area contributed by atoms with E-state index >= 15 is 0 Å². The third kappa shape index (κ3) is 2.29. The number of primary amides is 1. The van der Waals surface area contributed by atoms with Crippen LogP contribution in [0.3, 0.4) is 0 Å². The summed E-state index contributed by atoms with van der Waals surface area (Å²) >= 11 is 0. The van der Waals surface area contributed by atoms with Gasteiger partial charge in [-0.25, -0.2) is 0 Å². The molecule has 3 N–H and O–H groups in total. The maximum absolute atomic E-state index is 11.9. The maximum Gasteiger partial charge on any atom is 0.237 e. The Balaban J connectivity index is 1.62. The van der Waals surface area contributed by atoms with Crippen LogP contribution in [0.25, 0.3) is 0 Å². The number of rotatable bonds is 4. The van der Waals surface area contributed by atoms with Gasteiger partial charge in [0, 0.05) is 0 Å². The zero-order valence-electron chi connectivity index (χ0n) is 11.3. The molecule has 3 fully saturated rings. The van der Waals surface area contributed by atoms with Crippen LogP contribution in [0.15, 0.2) is 0 Å². The number of carbonyl (C=O) groups is 1. The second kappa shape index (κ2) is 4.52. The van der Waals surface area contributed by atoms with Crippen molar-refractivity contribution in [3.05, 3.63) is 0 Å². The fourth-order valence-electron chi connectivity index (χ4n) is 4.00. The van der Waals surface area contributed by atoms with E-state index in [1.807, 2.05) is 0 Å². The molecule has 1 spiro atoms. The van der Waals surface area contributed by atoms with Gasteiger partial charge in [-0.2, -0.15) is 0 Å². The standard InChI is InChI=1S/C15H26N2O/c16-13(18)15(17-11-12-3-4-12)9-7-14(8-10-15)5-1-2-6-14/h12,17H,1-11H2,(H2,16,18). The highest BCUT2D eigenvalue weighted by Crippen LogP contribution is 2.51. The lowest BCUT2D eigenvalue weighted by Crippen LogP contribution is -2.58. The first kappa shape index (κ1) is 12.5. The molecule has 0 aliphatic heterocycles. The summed E-state index contributed by atoms with van der Waals surface area (Å²) < 4.78 is 0. The molecule has 3 heteroatoms. The van der Waals surface area contributed by atoms with Crippen molar-refractivity contribution >= 4 is 5.91 Å². The van der Waals surface area contributed by atoms with E-state index in [2.05, 4.69) is 5.32 Å². The first-order chi connectivity index (χ1) is 8.64. The molecule has 0 aromatic carbocycles. The highest BCUT2D eigenvalue weighted by molar-refractivity contribution is 5.84. The van der Waals surface area contributed by atoms with Crippen molar-refractivity contribution < 1.29 is 4.79 Å². The van der Waals surface area contributed by atoms with Crippen LogP contribution in [-0.4, -0.2) is 18.0 Å². The van der Waals surface area contributed by atoms with Gasteiger partial charge in [0.1, 0.15) is 0 Å². The Hall–Kier alpha value is -0.570. The molecule has 3 aliphatic rings. The van der Waals surface area contributed by atoms with E-state index in [0.717, 1.165) is 25.3 Å². The van der Waals surface area contributed by atoms with E-state index in [1.54, 1.807) is 0 Å².